The Morgan fingerprint density at radius 1 is 0.385 bits per heavy atom. The Morgan fingerprint density at radius 2 is 0.615 bits per heavy atom. The molecule has 0 aromatic heterocycles. The van der Waals surface area contributed by atoms with Crippen molar-refractivity contribution in [3.05, 3.63) is 121 Å². The van der Waals surface area contributed by atoms with Crippen LogP contribution in [0.1, 0.15) is 74.9 Å². The van der Waals surface area contributed by atoms with E-state index < -0.39 is 0 Å². The minimum absolute atomic E-state index is 0.369. The first-order valence-electron chi connectivity index (χ1n) is 12.9. The van der Waals surface area contributed by atoms with Gasteiger partial charge in [-0.3, -0.25) is 0 Å². The monoisotopic (exact) mass is 579 g/mol. The van der Waals surface area contributed by atoms with Crippen LogP contribution in [0.2, 0.25) is 15.1 Å². The smallest absolute Gasteiger partial charge is 0.0638 e. The lowest BCUT2D eigenvalue weighted by atomic mass is 9.69. The second-order valence-corrected chi connectivity index (χ2v) is 13.1. The number of benzene rings is 4. The Morgan fingerprint density at radius 3 is 0.821 bits per heavy atom. The third-order valence-corrected chi connectivity index (χ3v) is 9.25. The van der Waals surface area contributed by atoms with Crippen LogP contribution in [0.15, 0.2) is 72.8 Å². The van der Waals surface area contributed by atoms with Crippen LogP contribution >= 0.6 is 34.8 Å². The minimum Gasteiger partial charge on any atom is -0.398 e. The standard InChI is InChI=1S/C33H36Cl3N3/c1-31(2,19-7-10-28(37)25(34)16-19)22-13-23(32(3,4)20-8-11-29(38)26(35)17-20)15-24(14-22)33(5,6)21-9-12-30(39)27(36)18-21/h7-18H,37-39H2,1-6H3. The Hall–Kier alpha value is -2.85. The largest absolute Gasteiger partial charge is 0.398 e. The average molecular weight is 581 g/mol. The van der Waals surface area contributed by atoms with Gasteiger partial charge in [0.15, 0.2) is 0 Å². The predicted octanol–water partition coefficient (Wildman–Crippen LogP) is 9.37. The highest BCUT2D eigenvalue weighted by molar-refractivity contribution is 6.33. The summed E-state index contributed by atoms with van der Waals surface area (Å²) in [5.74, 6) is 0. The average Bonchev–Trinajstić information content (AvgIpc) is 2.88. The molecule has 0 saturated carbocycles. The van der Waals surface area contributed by atoms with E-state index >= 15 is 0 Å². The van der Waals surface area contributed by atoms with E-state index in [9.17, 15) is 0 Å². The van der Waals surface area contributed by atoms with Gasteiger partial charge in [-0.1, -0.05) is 113 Å². The van der Waals surface area contributed by atoms with Gasteiger partial charge in [-0.25, -0.2) is 0 Å². The Kier molecular flexibility index (Phi) is 7.68. The van der Waals surface area contributed by atoms with Gasteiger partial charge in [-0.15, -0.1) is 0 Å². The van der Waals surface area contributed by atoms with Crippen molar-refractivity contribution in [3.8, 4) is 0 Å². The van der Waals surface area contributed by atoms with Crippen molar-refractivity contribution in [1.82, 2.24) is 0 Å². The summed E-state index contributed by atoms with van der Waals surface area (Å²) in [6, 6.07) is 24.5. The highest BCUT2D eigenvalue weighted by Crippen LogP contribution is 2.43. The number of hydrogen-bond donors (Lipinski definition) is 3. The first-order chi connectivity index (χ1) is 18.0. The number of rotatable bonds is 6. The number of anilines is 3. The summed E-state index contributed by atoms with van der Waals surface area (Å²) in [5, 5.41) is 1.64. The molecule has 0 radical (unpaired) electrons. The molecule has 0 unspecified atom stereocenters. The molecule has 0 atom stereocenters. The fourth-order valence-electron chi connectivity index (χ4n) is 4.96. The molecule has 0 heterocycles. The molecule has 204 valence electrons. The molecule has 39 heavy (non-hydrogen) atoms. The van der Waals surface area contributed by atoms with E-state index in [-0.39, 0.29) is 16.2 Å². The second kappa shape index (κ2) is 10.3. The third-order valence-electron chi connectivity index (χ3n) is 8.26. The first-order valence-corrected chi connectivity index (χ1v) is 14.0. The number of nitrogen functional groups attached to an aromatic ring is 3. The van der Waals surface area contributed by atoms with E-state index in [0.717, 1.165) is 33.4 Å². The van der Waals surface area contributed by atoms with E-state index in [2.05, 4.69) is 59.7 Å². The molecule has 0 aliphatic heterocycles. The van der Waals surface area contributed by atoms with Gasteiger partial charge >= 0.3 is 0 Å². The number of halogens is 3. The molecule has 4 aromatic carbocycles. The lowest BCUT2D eigenvalue weighted by Gasteiger charge is -2.35. The molecule has 0 aliphatic carbocycles. The molecule has 6 heteroatoms. The number of hydrogen-bond acceptors (Lipinski definition) is 3. The second-order valence-electron chi connectivity index (χ2n) is 11.9. The van der Waals surface area contributed by atoms with Crippen molar-refractivity contribution in [1.29, 1.82) is 0 Å². The van der Waals surface area contributed by atoms with Gasteiger partial charge in [-0.05, 0) is 69.8 Å². The lowest BCUT2D eigenvalue weighted by molar-refractivity contribution is 0.595. The summed E-state index contributed by atoms with van der Waals surface area (Å²) in [7, 11) is 0. The van der Waals surface area contributed by atoms with Gasteiger partial charge in [-0.2, -0.15) is 0 Å². The molecule has 4 aromatic rings. The molecule has 0 amide bonds. The molecule has 6 N–H and O–H groups in total. The summed E-state index contributed by atoms with van der Waals surface area (Å²) in [4.78, 5) is 0. The van der Waals surface area contributed by atoms with Crippen molar-refractivity contribution in [3.63, 3.8) is 0 Å². The fraction of sp³-hybridized carbons (Fsp3) is 0.273. The van der Waals surface area contributed by atoms with Crippen LogP contribution in [0.5, 0.6) is 0 Å². The SMILES string of the molecule is CC(C)(c1cc(C(C)(C)c2ccc(N)c(Cl)c2)cc(C(C)(C)c2ccc(N)c(Cl)c2)c1)c1ccc(N)c(Cl)c1. The zero-order valence-corrected chi connectivity index (χ0v) is 25.6. The third kappa shape index (κ3) is 5.45. The van der Waals surface area contributed by atoms with Crippen LogP contribution in [0.25, 0.3) is 0 Å². The Balaban J connectivity index is 1.97. The zero-order chi connectivity index (χ0) is 28.9. The van der Waals surface area contributed by atoms with E-state index in [1.54, 1.807) is 0 Å². The van der Waals surface area contributed by atoms with Gasteiger partial charge < -0.3 is 17.2 Å². The number of nitrogens with two attached hydrogens (primary N) is 3. The maximum atomic E-state index is 6.46. The lowest BCUT2D eigenvalue weighted by Crippen LogP contribution is -2.27. The van der Waals surface area contributed by atoms with Gasteiger partial charge in [0, 0.05) is 16.2 Å². The highest BCUT2D eigenvalue weighted by atomic mass is 35.5. The molecular formula is C33H36Cl3N3. The van der Waals surface area contributed by atoms with Gasteiger partial charge in [0.05, 0.1) is 32.1 Å². The molecule has 0 fully saturated rings. The van der Waals surface area contributed by atoms with Crippen LogP contribution in [0, 0.1) is 0 Å². The van der Waals surface area contributed by atoms with Crippen LogP contribution in [-0.4, -0.2) is 0 Å². The van der Waals surface area contributed by atoms with E-state index in [4.69, 9.17) is 52.0 Å². The Labute approximate surface area is 247 Å². The van der Waals surface area contributed by atoms with Crippen molar-refractivity contribution in [2.75, 3.05) is 17.2 Å². The summed E-state index contributed by atoms with van der Waals surface area (Å²) in [5.41, 5.74) is 25.4. The summed E-state index contributed by atoms with van der Waals surface area (Å²) >= 11 is 19.4. The Bertz CT molecular complexity index is 1360. The minimum atomic E-state index is -0.369. The van der Waals surface area contributed by atoms with Crippen LogP contribution in [0.3, 0.4) is 0 Å². The van der Waals surface area contributed by atoms with Crippen molar-refractivity contribution in [2.45, 2.75) is 57.8 Å². The van der Waals surface area contributed by atoms with Crippen molar-refractivity contribution < 1.29 is 0 Å². The zero-order valence-electron chi connectivity index (χ0n) is 23.3. The van der Waals surface area contributed by atoms with E-state index in [1.165, 1.54) is 0 Å². The van der Waals surface area contributed by atoms with E-state index in [1.807, 2.05) is 54.6 Å². The summed E-state index contributed by atoms with van der Waals surface area (Å²) in [6.45, 7) is 13.2. The molecule has 0 aliphatic rings. The normalized spacial score (nSPS) is 12.5. The molecule has 0 bridgehead atoms. The van der Waals surface area contributed by atoms with Crippen LogP contribution in [0.4, 0.5) is 17.1 Å². The van der Waals surface area contributed by atoms with Gasteiger partial charge in [0.1, 0.15) is 0 Å². The topological polar surface area (TPSA) is 78.1 Å². The molecule has 0 saturated heterocycles. The fourth-order valence-corrected chi connectivity index (χ4v) is 5.50. The van der Waals surface area contributed by atoms with Crippen LogP contribution in [-0.2, 0) is 16.2 Å². The summed E-state index contributed by atoms with van der Waals surface area (Å²) < 4.78 is 0. The quantitative estimate of drug-likeness (QED) is 0.199. The van der Waals surface area contributed by atoms with Gasteiger partial charge in [0.25, 0.3) is 0 Å². The van der Waals surface area contributed by atoms with Crippen molar-refractivity contribution >= 4 is 51.9 Å². The molecule has 3 nitrogen and oxygen atoms in total. The highest BCUT2D eigenvalue weighted by Gasteiger charge is 2.33. The first kappa shape index (κ1) is 29.1. The van der Waals surface area contributed by atoms with Gasteiger partial charge in [0.2, 0.25) is 0 Å². The maximum absolute atomic E-state index is 6.46. The van der Waals surface area contributed by atoms with Crippen LogP contribution < -0.4 is 17.2 Å². The van der Waals surface area contributed by atoms with Crippen molar-refractivity contribution in [2.24, 2.45) is 0 Å². The molecule has 0 spiro atoms. The molecular weight excluding hydrogens is 545 g/mol. The summed E-state index contributed by atoms with van der Waals surface area (Å²) in [6.07, 6.45) is 0. The van der Waals surface area contributed by atoms with E-state index in [0.29, 0.717) is 32.1 Å². The maximum Gasteiger partial charge on any atom is 0.0638 e. The predicted molar refractivity (Wildman–Crippen MR) is 170 cm³/mol. The molecule has 4 rings (SSSR count).